The monoisotopic (exact) mass is 331 g/mol. The predicted octanol–water partition coefficient (Wildman–Crippen LogP) is 4.40. The van der Waals surface area contributed by atoms with E-state index in [1.807, 2.05) is 19.1 Å². The number of aromatic nitrogens is 1. The molecule has 4 heteroatoms. The summed E-state index contributed by atoms with van der Waals surface area (Å²) in [5.41, 5.74) is 5.25. The van der Waals surface area contributed by atoms with Crippen molar-refractivity contribution in [2.45, 2.75) is 19.8 Å². The van der Waals surface area contributed by atoms with Crippen LogP contribution in [0.25, 0.3) is 16.6 Å². The first-order valence-corrected chi connectivity index (χ1v) is 8.66. The van der Waals surface area contributed by atoms with Gasteiger partial charge in [-0.2, -0.15) is 5.26 Å². The number of ether oxygens (including phenoxy) is 1. The van der Waals surface area contributed by atoms with Crippen LogP contribution in [0.5, 0.6) is 5.75 Å². The van der Waals surface area contributed by atoms with Gasteiger partial charge >= 0.3 is 0 Å². The second-order valence-electron chi connectivity index (χ2n) is 6.58. The highest BCUT2D eigenvalue weighted by molar-refractivity contribution is 5.76. The number of methoxy groups -OCH3 is 1. The molecule has 126 valence electrons. The summed E-state index contributed by atoms with van der Waals surface area (Å²) in [6.07, 6.45) is 4.52. The van der Waals surface area contributed by atoms with Crippen LogP contribution in [0.3, 0.4) is 0 Å². The molecular formula is C21H21N3O. The van der Waals surface area contributed by atoms with Crippen LogP contribution in [0.15, 0.2) is 42.6 Å². The SMILES string of the molecule is COc1ccc(-c2cc3cc(C)c(C#N)c(N4CCCC4)n3c2)cc1. The van der Waals surface area contributed by atoms with E-state index in [1.54, 1.807) is 7.11 Å². The van der Waals surface area contributed by atoms with Crippen LogP contribution in [0, 0.1) is 18.3 Å². The van der Waals surface area contributed by atoms with E-state index in [4.69, 9.17) is 4.74 Å². The molecule has 25 heavy (non-hydrogen) atoms. The summed E-state index contributed by atoms with van der Waals surface area (Å²) < 4.78 is 7.43. The third-order valence-corrected chi connectivity index (χ3v) is 5.00. The Morgan fingerprint density at radius 2 is 1.76 bits per heavy atom. The van der Waals surface area contributed by atoms with Crippen LogP contribution in [0.4, 0.5) is 5.82 Å². The molecule has 0 spiro atoms. The minimum atomic E-state index is 0.784. The number of fused-ring (bicyclic) bond motifs is 1. The van der Waals surface area contributed by atoms with Gasteiger partial charge in [-0.15, -0.1) is 0 Å². The molecule has 1 aliphatic rings. The van der Waals surface area contributed by atoms with Crippen LogP contribution >= 0.6 is 0 Å². The van der Waals surface area contributed by atoms with E-state index in [0.29, 0.717) is 0 Å². The normalized spacial score (nSPS) is 14.0. The van der Waals surface area contributed by atoms with Crippen molar-refractivity contribution in [2.75, 3.05) is 25.1 Å². The van der Waals surface area contributed by atoms with E-state index >= 15 is 0 Å². The first-order valence-electron chi connectivity index (χ1n) is 8.66. The number of hydrogen-bond acceptors (Lipinski definition) is 3. The zero-order valence-electron chi connectivity index (χ0n) is 14.6. The van der Waals surface area contributed by atoms with Gasteiger partial charge in [-0.05, 0) is 55.2 Å². The Balaban J connectivity index is 1.89. The summed E-state index contributed by atoms with van der Waals surface area (Å²) in [7, 11) is 1.68. The molecule has 2 aromatic heterocycles. The molecule has 1 aliphatic heterocycles. The van der Waals surface area contributed by atoms with Crippen LogP contribution in [0.2, 0.25) is 0 Å². The number of nitrogens with zero attached hydrogens (tertiary/aromatic N) is 3. The molecule has 0 unspecified atom stereocenters. The maximum absolute atomic E-state index is 9.70. The molecule has 0 aliphatic carbocycles. The second kappa shape index (κ2) is 6.18. The van der Waals surface area contributed by atoms with Gasteiger partial charge in [-0.1, -0.05) is 12.1 Å². The third-order valence-electron chi connectivity index (χ3n) is 5.00. The first-order chi connectivity index (χ1) is 12.2. The molecule has 0 radical (unpaired) electrons. The van der Waals surface area contributed by atoms with Gasteiger partial charge in [0.2, 0.25) is 0 Å². The average Bonchev–Trinajstić information content (AvgIpc) is 3.30. The maximum Gasteiger partial charge on any atom is 0.131 e. The molecule has 0 bridgehead atoms. The van der Waals surface area contributed by atoms with Gasteiger partial charge in [-0.25, -0.2) is 0 Å². The maximum atomic E-state index is 9.70. The van der Waals surface area contributed by atoms with Gasteiger partial charge in [0.1, 0.15) is 17.6 Å². The molecule has 1 saturated heterocycles. The summed E-state index contributed by atoms with van der Waals surface area (Å²) in [6.45, 7) is 4.06. The van der Waals surface area contributed by atoms with E-state index in [9.17, 15) is 5.26 Å². The highest BCUT2D eigenvalue weighted by atomic mass is 16.5. The van der Waals surface area contributed by atoms with Crippen LogP contribution < -0.4 is 9.64 Å². The van der Waals surface area contributed by atoms with Crippen LogP contribution in [0.1, 0.15) is 24.0 Å². The quantitative estimate of drug-likeness (QED) is 0.714. The lowest BCUT2D eigenvalue weighted by atomic mass is 10.1. The van der Waals surface area contributed by atoms with E-state index in [1.165, 1.54) is 12.8 Å². The number of pyridine rings is 1. The Kier molecular flexibility index (Phi) is 3.85. The van der Waals surface area contributed by atoms with Crippen LogP contribution in [-0.2, 0) is 0 Å². The fraction of sp³-hybridized carbons (Fsp3) is 0.286. The number of rotatable bonds is 3. The van der Waals surface area contributed by atoms with Crippen molar-refractivity contribution in [2.24, 2.45) is 0 Å². The second-order valence-corrected chi connectivity index (χ2v) is 6.58. The molecule has 1 fully saturated rings. The molecule has 0 amide bonds. The van der Waals surface area contributed by atoms with E-state index in [0.717, 1.165) is 52.4 Å². The molecule has 4 nitrogen and oxygen atoms in total. The smallest absolute Gasteiger partial charge is 0.131 e. The largest absolute Gasteiger partial charge is 0.497 e. The molecule has 3 heterocycles. The lowest BCUT2D eigenvalue weighted by Crippen LogP contribution is -2.22. The number of aryl methyl sites for hydroxylation is 1. The molecule has 3 aromatic rings. The number of benzene rings is 1. The van der Waals surface area contributed by atoms with Gasteiger partial charge < -0.3 is 14.0 Å². The van der Waals surface area contributed by atoms with Gasteiger partial charge in [0.05, 0.1) is 12.7 Å². The minimum Gasteiger partial charge on any atom is -0.497 e. The summed E-state index contributed by atoms with van der Waals surface area (Å²) in [6, 6.07) is 14.8. The lowest BCUT2D eigenvalue weighted by molar-refractivity contribution is 0.415. The zero-order chi connectivity index (χ0) is 17.4. The van der Waals surface area contributed by atoms with Crippen molar-refractivity contribution in [3.63, 3.8) is 0 Å². The fourth-order valence-electron chi connectivity index (χ4n) is 3.68. The van der Waals surface area contributed by atoms with E-state index < -0.39 is 0 Å². The summed E-state index contributed by atoms with van der Waals surface area (Å²) in [4.78, 5) is 2.34. The van der Waals surface area contributed by atoms with Crippen molar-refractivity contribution in [3.05, 3.63) is 53.7 Å². The van der Waals surface area contributed by atoms with E-state index in [2.05, 4.69) is 45.8 Å². The van der Waals surface area contributed by atoms with Gasteiger partial charge in [0, 0.05) is 30.4 Å². The highest BCUT2D eigenvalue weighted by Gasteiger charge is 2.21. The van der Waals surface area contributed by atoms with Gasteiger partial charge in [0.15, 0.2) is 0 Å². The van der Waals surface area contributed by atoms with Crippen molar-refractivity contribution in [1.29, 1.82) is 5.26 Å². The van der Waals surface area contributed by atoms with Crippen molar-refractivity contribution in [1.82, 2.24) is 4.40 Å². The Labute approximate surface area is 147 Å². The summed E-state index contributed by atoms with van der Waals surface area (Å²) in [5, 5.41) is 9.70. The average molecular weight is 331 g/mol. The Morgan fingerprint density at radius 1 is 1.04 bits per heavy atom. The van der Waals surface area contributed by atoms with Gasteiger partial charge in [-0.3, -0.25) is 0 Å². The highest BCUT2D eigenvalue weighted by Crippen LogP contribution is 2.32. The number of hydrogen-bond donors (Lipinski definition) is 0. The Hall–Kier alpha value is -2.93. The van der Waals surface area contributed by atoms with Crippen molar-refractivity contribution in [3.8, 4) is 22.9 Å². The molecular weight excluding hydrogens is 310 g/mol. The van der Waals surface area contributed by atoms with Crippen molar-refractivity contribution >= 4 is 11.3 Å². The molecule has 0 saturated carbocycles. The first kappa shape index (κ1) is 15.6. The zero-order valence-corrected chi connectivity index (χ0v) is 14.6. The Bertz CT molecular complexity index is 957. The summed E-state index contributed by atoms with van der Waals surface area (Å²) in [5.74, 6) is 1.89. The van der Waals surface area contributed by atoms with Crippen molar-refractivity contribution < 1.29 is 4.74 Å². The lowest BCUT2D eigenvalue weighted by Gasteiger charge is -2.22. The third kappa shape index (κ3) is 2.62. The topological polar surface area (TPSA) is 40.7 Å². The molecule has 4 rings (SSSR count). The number of anilines is 1. The van der Waals surface area contributed by atoms with Crippen LogP contribution in [-0.4, -0.2) is 24.6 Å². The van der Waals surface area contributed by atoms with E-state index in [-0.39, 0.29) is 0 Å². The van der Waals surface area contributed by atoms with Gasteiger partial charge in [0.25, 0.3) is 0 Å². The predicted molar refractivity (Wildman–Crippen MR) is 100 cm³/mol. The molecule has 0 N–H and O–H groups in total. The Morgan fingerprint density at radius 3 is 2.40 bits per heavy atom. The summed E-state index contributed by atoms with van der Waals surface area (Å²) >= 11 is 0. The minimum absolute atomic E-state index is 0.784. The number of nitriles is 1. The molecule has 0 atom stereocenters. The molecule has 1 aromatic carbocycles. The standard InChI is InChI=1S/C21H21N3O/c1-15-11-18-12-17(16-5-7-19(25-2)8-6-16)14-24(18)21(20(15)13-22)23-9-3-4-10-23/h5-8,11-12,14H,3-4,9-10H2,1-2H3. The fourth-order valence-corrected chi connectivity index (χ4v) is 3.68.